The van der Waals surface area contributed by atoms with Gasteiger partial charge in [0.05, 0.1) is 5.92 Å². The molecular formula is C25H30N2O5S. The molecule has 0 radical (unpaired) electrons. The summed E-state index contributed by atoms with van der Waals surface area (Å²) in [7, 11) is 1.55. The van der Waals surface area contributed by atoms with Crippen molar-refractivity contribution < 1.29 is 24.2 Å². The molecule has 0 aliphatic heterocycles. The number of aliphatic carboxylic acids is 1. The average Bonchev–Trinajstić information content (AvgIpc) is 3.13. The Balaban J connectivity index is 1.65. The van der Waals surface area contributed by atoms with E-state index in [0.29, 0.717) is 12.2 Å². The Morgan fingerprint density at radius 2 is 1.67 bits per heavy atom. The summed E-state index contributed by atoms with van der Waals surface area (Å²) in [4.78, 5) is 38.0. The highest BCUT2D eigenvalue weighted by Gasteiger charge is 2.30. The predicted molar refractivity (Wildman–Crippen MR) is 129 cm³/mol. The van der Waals surface area contributed by atoms with Gasteiger partial charge < -0.3 is 20.1 Å². The van der Waals surface area contributed by atoms with Crippen LogP contribution in [0.3, 0.4) is 0 Å². The van der Waals surface area contributed by atoms with Crippen LogP contribution in [0.1, 0.15) is 30.4 Å². The maximum absolute atomic E-state index is 12.9. The van der Waals surface area contributed by atoms with Gasteiger partial charge in [0, 0.05) is 19.5 Å². The van der Waals surface area contributed by atoms with E-state index in [-0.39, 0.29) is 25.0 Å². The fraction of sp³-hybridized carbons (Fsp3) is 0.400. The Bertz CT molecular complexity index is 966. The lowest BCUT2D eigenvalue weighted by molar-refractivity contribution is -0.143. The van der Waals surface area contributed by atoms with Gasteiger partial charge in [-0.1, -0.05) is 55.5 Å². The Morgan fingerprint density at radius 3 is 2.21 bits per heavy atom. The number of amides is 2. The zero-order chi connectivity index (χ0) is 24.0. The standard InChI is InChI=1S/C25H30N2O5S/c1-16(24(29)30)14-27(2)23(28)22(12-13-33-3)26-25(31)32-15-21-19-10-6-4-8-17(19)18-9-5-7-11-20(18)21/h4-11,16,21-22H,12-15H2,1-3H3,(H,26,31)(H,29,30)/t16?,22-/m1/s1. The van der Waals surface area contributed by atoms with Crippen LogP contribution in [0.4, 0.5) is 4.79 Å². The van der Waals surface area contributed by atoms with Gasteiger partial charge in [-0.25, -0.2) is 4.79 Å². The minimum absolute atomic E-state index is 0.0658. The van der Waals surface area contributed by atoms with Crippen LogP contribution in [0.25, 0.3) is 11.1 Å². The van der Waals surface area contributed by atoms with Crippen molar-refractivity contribution in [2.75, 3.05) is 32.2 Å². The van der Waals surface area contributed by atoms with E-state index in [0.717, 1.165) is 22.3 Å². The molecule has 2 atom stereocenters. The van der Waals surface area contributed by atoms with Crippen molar-refractivity contribution in [3.8, 4) is 11.1 Å². The second kappa shape index (κ2) is 11.2. The molecule has 1 aliphatic carbocycles. The van der Waals surface area contributed by atoms with Crippen LogP contribution < -0.4 is 5.32 Å². The number of ether oxygens (including phenoxy) is 1. The van der Waals surface area contributed by atoms with Crippen molar-refractivity contribution in [2.24, 2.45) is 5.92 Å². The van der Waals surface area contributed by atoms with E-state index in [1.165, 1.54) is 4.90 Å². The molecule has 0 bridgehead atoms. The summed E-state index contributed by atoms with van der Waals surface area (Å²) in [5.41, 5.74) is 4.52. The zero-order valence-corrected chi connectivity index (χ0v) is 19.9. The molecule has 2 aromatic rings. The monoisotopic (exact) mass is 470 g/mol. The SMILES string of the molecule is CSCC[C@@H](NC(=O)OCC1c2ccccc2-c2ccccc21)C(=O)N(C)CC(C)C(=O)O. The number of rotatable bonds is 10. The molecule has 33 heavy (non-hydrogen) atoms. The smallest absolute Gasteiger partial charge is 0.407 e. The number of fused-ring (bicyclic) bond motifs is 3. The summed E-state index contributed by atoms with van der Waals surface area (Å²) in [6.07, 6.45) is 1.69. The van der Waals surface area contributed by atoms with Crippen LogP contribution >= 0.6 is 11.8 Å². The highest BCUT2D eigenvalue weighted by molar-refractivity contribution is 7.98. The lowest BCUT2D eigenvalue weighted by Crippen LogP contribution is -2.49. The number of benzene rings is 2. The van der Waals surface area contributed by atoms with Gasteiger partial charge in [-0.15, -0.1) is 0 Å². The Kier molecular flexibility index (Phi) is 8.38. The van der Waals surface area contributed by atoms with Crippen LogP contribution in [-0.2, 0) is 14.3 Å². The predicted octanol–water partition coefficient (Wildman–Crippen LogP) is 3.83. The summed E-state index contributed by atoms with van der Waals surface area (Å²) in [5.74, 6) is -1.40. The van der Waals surface area contributed by atoms with E-state index in [2.05, 4.69) is 17.4 Å². The first-order valence-electron chi connectivity index (χ1n) is 10.9. The first-order chi connectivity index (χ1) is 15.8. The number of hydrogen-bond acceptors (Lipinski definition) is 5. The minimum atomic E-state index is -0.972. The molecule has 0 saturated carbocycles. The second-order valence-corrected chi connectivity index (χ2v) is 9.25. The molecule has 0 spiro atoms. The van der Waals surface area contributed by atoms with E-state index < -0.39 is 24.0 Å². The Hall–Kier alpha value is -3.00. The summed E-state index contributed by atoms with van der Waals surface area (Å²) in [5, 5.41) is 11.8. The van der Waals surface area contributed by atoms with Crippen molar-refractivity contribution in [1.82, 2.24) is 10.2 Å². The lowest BCUT2D eigenvalue weighted by Gasteiger charge is -2.26. The number of nitrogens with one attached hydrogen (secondary N) is 1. The van der Waals surface area contributed by atoms with E-state index in [4.69, 9.17) is 9.84 Å². The third-order valence-corrected chi connectivity index (χ3v) is 6.53. The molecular weight excluding hydrogens is 440 g/mol. The number of carboxylic acid groups (broad SMARTS) is 1. The van der Waals surface area contributed by atoms with Gasteiger partial charge in [-0.2, -0.15) is 11.8 Å². The third kappa shape index (κ3) is 5.87. The second-order valence-electron chi connectivity index (χ2n) is 8.26. The molecule has 1 unspecified atom stereocenters. The van der Waals surface area contributed by atoms with Crippen molar-refractivity contribution >= 4 is 29.7 Å². The Morgan fingerprint density at radius 1 is 1.09 bits per heavy atom. The molecule has 0 aromatic heterocycles. The number of alkyl carbamates (subject to hydrolysis) is 1. The highest BCUT2D eigenvalue weighted by Crippen LogP contribution is 2.44. The van der Waals surface area contributed by atoms with E-state index in [1.807, 2.05) is 42.7 Å². The first-order valence-corrected chi connectivity index (χ1v) is 12.3. The number of hydrogen-bond donors (Lipinski definition) is 2. The number of carbonyl (C=O) groups excluding carboxylic acids is 2. The number of nitrogens with zero attached hydrogens (tertiary/aromatic N) is 1. The lowest BCUT2D eigenvalue weighted by atomic mass is 9.98. The Labute approximate surface area is 198 Å². The number of carbonyl (C=O) groups is 3. The average molecular weight is 471 g/mol. The van der Waals surface area contributed by atoms with Crippen molar-refractivity contribution in [3.05, 3.63) is 59.7 Å². The summed E-state index contributed by atoms with van der Waals surface area (Å²) in [6, 6.07) is 15.4. The van der Waals surface area contributed by atoms with Gasteiger partial charge in [0.15, 0.2) is 0 Å². The van der Waals surface area contributed by atoms with Crippen molar-refractivity contribution in [3.63, 3.8) is 0 Å². The molecule has 7 nitrogen and oxygen atoms in total. The van der Waals surface area contributed by atoms with Crippen LogP contribution in [0.2, 0.25) is 0 Å². The maximum Gasteiger partial charge on any atom is 0.407 e. The fourth-order valence-corrected chi connectivity index (χ4v) is 4.59. The fourth-order valence-electron chi connectivity index (χ4n) is 4.12. The number of likely N-dealkylation sites (N-methyl/N-ethyl adjacent to an activating group) is 1. The normalized spacial score (nSPS) is 14.0. The molecule has 2 N–H and O–H groups in total. The van der Waals surface area contributed by atoms with Gasteiger partial charge in [-0.3, -0.25) is 9.59 Å². The van der Waals surface area contributed by atoms with Crippen LogP contribution in [0.5, 0.6) is 0 Å². The van der Waals surface area contributed by atoms with E-state index in [9.17, 15) is 14.4 Å². The number of carboxylic acids is 1. The van der Waals surface area contributed by atoms with Gasteiger partial charge in [0.25, 0.3) is 0 Å². The van der Waals surface area contributed by atoms with Crippen LogP contribution in [0, 0.1) is 5.92 Å². The zero-order valence-electron chi connectivity index (χ0n) is 19.1. The number of thioether (sulfide) groups is 1. The highest BCUT2D eigenvalue weighted by atomic mass is 32.2. The van der Waals surface area contributed by atoms with Crippen LogP contribution in [0.15, 0.2) is 48.5 Å². The van der Waals surface area contributed by atoms with Crippen molar-refractivity contribution in [2.45, 2.75) is 25.3 Å². The van der Waals surface area contributed by atoms with E-state index >= 15 is 0 Å². The largest absolute Gasteiger partial charge is 0.481 e. The van der Waals surface area contributed by atoms with Gasteiger partial charge in [0.2, 0.25) is 5.91 Å². The summed E-state index contributed by atoms with van der Waals surface area (Å²) in [6.45, 7) is 1.77. The molecule has 8 heteroatoms. The maximum atomic E-state index is 12.9. The van der Waals surface area contributed by atoms with Crippen LogP contribution in [-0.4, -0.2) is 66.2 Å². The molecule has 0 fully saturated rings. The minimum Gasteiger partial charge on any atom is -0.481 e. The topological polar surface area (TPSA) is 95.9 Å². The molecule has 0 saturated heterocycles. The molecule has 0 heterocycles. The van der Waals surface area contributed by atoms with Gasteiger partial charge in [0.1, 0.15) is 12.6 Å². The summed E-state index contributed by atoms with van der Waals surface area (Å²) < 4.78 is 5.58. The first kappa shape index (κ1) is 24.6. The van der Waals surface area contributed by atoms with Gasteiger partial charge >= 0.3 is 12.1 Å². The quantitative estimate of drug-likeness (QED) is 0.548. The van der Waals surface area contributed by atoms with Crippen molar-refractivity contribution in [1.29, 1.82) is 0 Å². The molecule has 3 rings (SSSR count). The third-order valence-electron chi connectivity index (χ3n) is 5.89. The van der Waals surface area contributed by atoms with Gasteiger partial charge in [-0.05, 0) is 40.7 Å². The molecule has 176 valence electrons. The molecule has 2 aromatic carbocycles. The summed E-state index contributed by atoms with van der Waals surface area (Å²) >= 11 is 1.57. The molecule has 2 amide bonds. The van der Waals surface area contributed by atoms with E-state index in [1.54, 1.807) is 25.7 Å². The molecule has 1 aliphatic rings.